The van der Waals surface area contributed by atoms with Crippen LogP contribution in [0, 0.1) is 5.82 Å². The van der Waals surface area contributed by atoms with E-state index in [2.05, 4.69) is 20.2 Å². The number of rotatable bonds is 3. The predicted octanol–water partition coefficient (Wildman–Crippen LogP) is 3.71. The second kappa shape index (κ2) is 6.99. The Morgan fingerprint density at radius 3 is 2.80 bits per heavy atom. The Hall–Kier alpha value is -2.79. The molecule has 126 valence electrons. The van der Waals surface area contributed by atoms with E-state index >= 15 is 0 Å². The summed E-state index contributed by atoms with van der Waals surface area (Å²) >= 11 is 0. The monoisotopic (exact) mass is 334 g/mol. The molecular weight excluding hydrogens is 315 g/mol. The van der Waals surface area contributed by atoms with E-state index < -0.39 is 0 Å². The van der Waals surface area contributed by atoms with Crippen molar-refractivity contribution in [3.63, 3.8) is 0 Å². The highest BCUT2D eigenvalue weighted by Crippen LogP contribution is 2.27. The maximum atomic E-state index is 14.0. The molecule has 25 heavy (non-hydrogen) atoms. The number of hydrogen-bond donors (Lipinski definition) is 1. The molecule has 4 nitrogen and oxygen atoms in total. The predicted molar refractivity (Wildman–Crippen MR) is 96.5 cm³/mol. The molecule has 1 N–H and O–H groups in total. The molecule has 5 heteroatoms. The summed E-state index contributed by atoms with van der Waals surface area (Å²) in [6.45, 7) is 3.47. The summed E-state index contributed by atoms with van der Waals surface area (Å²) in [7, 11) is 0. The average Bonchev–Trinajstić information content (AvgIpc) is 2.84. The van der Waals surface area contributed by atoms with Crippen LogP contribution in [-0.4, -0.2) is 28.0 Å². The molecule has 1 aliphatic heterocycles. The Labute approximate surface area is 146 Å². The van der Waals surface area contributed by atoms with Crippen molar-refractivity contribution in [1.29, 1.82) is 0 Å². The van der Waals surface area contributed by atoms with Gasteiger partial charge in [-0.1, -0.05) is 12.1 Å². The fourth-order valence-corrected chi connectivity index (χ4v) is 3.14. The molecule has 1 aromatic carbocycles. The first-order chi connectivity index (χ1) is 12.3. The first-order valence-corrected chi connectivity index (χ1v) is 8.38. The quantitative estimate of drug-likeness (QED) is 0.793. The van der Waals surface area contributed by atoms with Gasteiger partial charge >= 0.3 is 0 Å². The van der Waals surface area contributed by atoms with Crippen molar-refractivity contribution in [3.8, 4) is 11.3 Å². The van der Waals surface area contributed by atoms with E-state index in [-0.39, 0.29) is 5.82 Å². The van der Waals surface area contributed by atoms with Crippen molar-refractivity contribution in [2.45, 2.75) is 13.1 Å². The van der Waals surface area contributed by atoms with E-state index in [1.165, 1.54) is 11.6 Å². The van der Waals surface area contributed by atoms with Crippen LogP contribution in [0.3, 0.4) is 0 Å². The third-order valence-corrected chi connectivity index (χ3v) is 4.43. The number of fused-ring (bicyclic) bond motifs is 1. The van der Waals surface area contributed by atoms with Crippen molar-refractivity contribution in [3.05, 3.63) is 78.0 Å². The minimum Gasteiger partial charge on any atom is -0.383 e. The maximum absolute atomic E-state index is 14.0. The Morgan fingerprint density at radius 1 is 1.12 bits per heavy atom. The molecule has 0 amide bonds. The molecule has 3 aromatic rings. The standard InChI is InChI=1S/C20H19FN4/c21-18-4-2-1-3-17(18)20-11-19-16(12-24-20)14-25(10-9-23-19)13-15-5-7-22-8-6-15/h1-8,11-12,23H,9-10,13-14H2. The molecule has 0 radical (unpaired) electrons. The van der Waals surface area contributed by atoms with Crippen LogP contribution in [-0.2, 0) is 13.1 Å². The fraction of sp³-hybridized carbons (Fsp3) is 0.200. The Balaban J connectivity index is 1.58. The molecule has 2 aromatic heterocycles. The van der Waals surface area contributed by atoms with Gasteiger partial charge in [-0.15, -0.1) is 0 Å². The zero-order chi connectivity index (χ0) is 17.1. The van der Waals surface area contributed by atoms with E-state index in [0.717, 1.165) is 37.4 Å². The lowest BCUT2D eigenvalue weighted by molar-refractivity contribution is 0.271. The normalized spacial score (nSPS) is 14.4. The van der Waals surface area contributed by atoms with Crippen molar-refractivity contribution >= 4 is 5.69 Å². The van der Waals surface area contributed by atoms with Gasteiger partial charge in [-0.2, -0.15) is 0 Å². The summed E-state index contributed by atoms with van der Waals surface area (Å²) in [5, 5.41) is 3.45. The average molecular weight is 334 g/mol. The fourth-order valence-electron chi connectivity index (χ4n) is 3.14. The van der Waals surface area contributed by atoms with Crippen LogP contribution >= 0.6 is 0 Å². The van der Waals surface area contributed by atoms with Crippen molar-refractivity contribution < 1.29 is 4.39 Å². The van der Waals surface area contributed by atoms with E-state index in [0.29, 0.717) is 11.3 Å². The minimum atomic E-state index is -0.247. The summed E-state index contributed by atoms with van der Waals surface area (Å²) in [5.41, 5.74) is 4.60. The zero-order valence-corrected chi connectivity index (χ0v) is 13.8. The van der Waals surface area contributed by atoms with Gasteiger partial charge < -0.3 is 5.32 Å². The number of hydrogen-bond acceptors (Lipinski definition) is 4. The summed E-state index contributed by atoms with van der Waals surface area (Å²) in [5.74, 6) is -0.247. The highest BCUT2D eigenvalue weighted by molar-refractivity contribution is 5.66. The number of nitrogens with one attached hydrogen (secondary N) is 1. The third kappa shape index (κ3) is 3.51. The molecule has 0 aliphatic carbocycles. The topological polar surface area (TPSA) is 41.1 Å². The van der Waals surface area contributed by atoms with Gasteiger partial charge in [0, 0.05) is 61.6 Å². The van der Waals surface area contributed by atoms with Gasteiger partial charge in [0.15, 0.2) is 0 Å². The number of nitrogens with zero attached hydrogens (tertiary/aromatic N) is 3. The molecule has 1 aliphatic rings. The maximum Gasteiger partial charge on any atom is 0.132 e. The number of aromatic nitrogens is 2. The van der Waals surface area contributed by atoms with E-state index in [1.807, 2.05) is 42.9 Å². The molecule has 0 atom stereocenters. The smallest absolute Gasteiger partial charge is 0.132 e. The first-order valence-electron chi connectivity index (χ1n) is 8.38. The first kappa shape index (κ1) is 15.7. The number of anilines is 1. The lowest BCUT2D eigenvalue weighted by atomic mass is 10.1. The van der Waals surface area contributed by atoms with Crippen LogP contribution in [0.25, 0.3) is 11.3 Å². The van der Waals surface area contributed by atoms with Crippen molar-refractivity contribution in [1.82, 2.24) is 14.9 Å². The summed E-state index contributed by atoms with van der Waals surface area (Å²) in [6, 6.07) is 12.8. The molecule has 0 saturated carbocycles. The van der Waals surface area contributed by atoms with Gasteiger partial charge in [-0.25, -0.2) is 4.39 Å². The third-order valence-electron chi connectivity index (χ3n) is 4.43. The highest BCUT2D eigenvalue weighted by atomic mass is 19.1. The van der Waals surface area contributed by atoms with Crippen molar-refractivity contribution in [2.75, 3.05) is 18.4 Å². The second-order valence-electron chi connectivity index (χ2n) is 6.20. The van der Waals surface area contributed by atoms with Gasteiger partial charge in [0.2, 0.25) is 0 Å². The Bertz CT molecular complexity index is 867. The molecule has 0 bridgehead atoms. The molecular formula is C20H19FN4. The van der Waals surface area contributed by atoms with Crippen LogP contribution < -0.4 is 5.32 Å². The lowest BCUT2D eigenvalue weighted by Gasteiger charge is -2.19. The second-order valence-corrected chi connectivity index (χ2v) is 6.20. The zero-order valence-electron chi connectivity index (χ0n) is 13.8. The van der Waals surface area contributed by atoms with E-state index in [1.54, 1.807) is 12.1 Å². The molecule has 3 heterocycles. The van der Waals surface area contributed by atoms with Gasteiger partial charge in [-0.3, -0.25) is 14.9 Å². The summed E-state index contributed by atoms with van der Waals surface area (Å²) in [4.78, 5) is 10.9. The summed E-state index contributed by atoms with van der Waals surface area (Å²) in [6.07, 6.45) is 5.50. The number of pyridine rings is 2. The minimum absolute atomic E-state index is 0.247. The van der Waals surface area contributed by atoms with Crippen LogP contribution in [0.2, 0.25) is 0 Å². The molecule has 0 fully saturated rings. The van der Waals surface area contributed by atoms with Gasteiger partial charge in [0.25, 0.3) is 0 Å². The van der Waals surface area contributed by atoms with Crippen LogP contribution in [0.4, 0.5) is 10.1 Å². The van der Waals surface area contributed by atoms with E-state index in [9.17, 15) is 4.39 Å². The van der Waals surface area contributed by atoms with Gasteiger partial charge in [-0.05, 0) is 35.9 Å². The molecule has 0 saturated heterocycles. The van der Waals surface area contributed by atoms with Crippen LogP contribution in [0.5, 0.6) is 0 Å². The Kier molecular flexibility index (Phi) is 4.39. The van der Waals surface area contributed by atoms with E-state index in [4.69, 9.17) is 0 Å². The highest BCUT2D eigenvalue weighted by Gasteiger charge is 2.16. The molecule has 0 unspecified atom stereocenters. The van der Waals surface area contributed by atoms with Gasteiger partial charge in [0.05, 0.1) is 5.69 Å². The summed E-state index contributed by atoms with van der Waals surface area (Å²) < 4.78 is 14.0. The SMILES string of the molecule is Fc1ccccc1-c1cc2c(cn1)CN(Cc1ccncc1)CCN2. The lowest BCUT2D eigenvalue weighted by Crippen LogP contribution is -2.25. The van der Waals surface area contributed by atoms with Gasteiger partial charge in [0.1, 0.15) is 5.82 Å². The van der Waals surface area contributed by atoms with Crippen molar-refractivity contribution in [2.24, 2.45) is 0 Å². The number of benzene rings is 1. The van der Waals surface area contributed by atoms with Crippen LogP contribution in [0.15, 0.2) is 61.1 Å². The van der Waals surface area contributed by atoms with Crippen LogP contribution in [0.1, 0.15) is 11.1 Å². The Morgan fingerprint density at radius 2 is 1.96 bits per heavy atom. The number of halogens is 1. The largest absolute Gasteiger partial charge is 0.383 e. The molecule has 0 spiro atoms. The molecule has 4 rings (SSSR count).